The van der Waals surface area contributed by atoms with Crippen molar-refractivity contribution in [3.05, 3.63) is 30.3 Å². The molecule has 148 valence electrons. The maximum absolute atomic E-state index is 11.7. The zero-order chi connectivity index (χ0) is 19.8. The molecule has 1 amide bonds. The van der Waals surface area contributed by atoms with Gasteiger partial charge in [0, 0.05) is 47.4 Å². The standard InChI is InChI=1S/C16H25NO6Si.CH4O/c1-20-24(21-2,22-3)13-7-12-17-15(18)10-11-16(19)23-14-8-5-4-6-9-14;1-2/h4-6,8-9H,7,10-13H2,1-3H3,(H,17,18);2H,1H3. The molecule has 0 saturated heterocycles. The van der Waals surface area contributed by atoms with Gasteiger partial charge in [0.05, 0.1) is 6.42 Å². The number of aliphatic hydroxyl groups excluding tert-OH is 1. The molecular weight excluding hydrogens is 358 g/mol. The zero-order valence-corrected chi connectivity index (χ0v) is 16.8. The first-order valence-electron chi connectivity index (χ1n) is 8.18. The van der Waals surface area contributed by atoms with Crippen molar-refractivity contribution in [3.63, 3.8) is 0 Å². The number of hydrogen-bond acceptors (Lipinski definition) is 7. The van der Waals surface area contributed by atoms with E-state index in [1.807, 2.05) is 6.07 Å². The predicted octanol–water partition coefficient (Wildman–Crippen LogP) is 1.37. The molecule has 0 atom stereocenters. The summed E-state index contributed by atoms with van der Waals surface area (Å²) >= 11 is 0. The molecule has 1 aromatic rings. The summed E-state index contributed by atoms with van der Waals surface area (Å²) in [5, 5.41) is 9.76. The van der Waals surface area contributed by atoms with Gasteiger partial charge in [0.15, 0.2) is 0 Å². The molecule has 0 unspecified atom stereocenters. The highest BCUT2D eigenvalue weighted by atomic mass is 28.4. The Balaban J connectivity index is 0.00000301. The van der Waals surface area contributed by atoms with Gasteiger partial charge in [0.1, 0.15) is 5.75 Å². The van der Waals surface area contributed by atoms with Gasteiger partial charge in [-0.25, -0.2) is 0 Å². The highest BCUT2D eigenvalue weighted by Gasteiger charge is 2.36. The van der Waals surface area contributed by atoms with E-state index in [0.717, 1.165) is 7.11 Å². The largest absolute Gasteiger partial charge is 0.500 e. The minimum Gasteiger partial charge on any atom is -0.427 e. The Kier molecular flexibility index (Phi) is 13.4. The number of para-hydroxylation sites is 1. The lowest BCUT2D eigenvalue weighted by molar-refractivity contribution is -0.136. The van der Waals surface area contributed by atoms with Crippen molar-refractivity contribution in [2.75, 3.05) is 35.0 Å². The van der Waals surface area contributed by atoms with Crippen molar-refractivity contribution in [1.82, 2.24) is 5.32 Å². The van der Waals surface area contributed by atoms with Gasteiger partial charge in [-0.2, -0.15) is 0 Å². The number of rotatable bonds is 11. The summed E-state index contributed by atoms with van der Waals surface area (Å²) in [5.41, 5.74) is 0. The molecule has 0 bridgehead atoms. The van der Waals surface area contributed by atoms with Gasteiger partial charge in [-0.05, 0) is 18.6 Å². The highest BCUT2D eigenvalue weighted by molar-refractivity contribution is 6.60. The van der Waals surface area contributed by atoms with Gasteiger partial charge in [0.2, 0.25) is 5.91 Å². The smallest absolute Gasteiger partial charge is 0.427 e. The fraction of sp³-hybridized carbons (Fsp3) is 0.529. The fourth-order valence-corrected chi connectivity index (χ4v) is 3.79. The van der Waals surface area contributed by atoms with Gasteiger partial charge in [-0.1, -0.05) is 18.2 Å². The molecule has 26 heavy (non-hydrogen) atoms. The Hall–Kier alpha value is -1.78. The van der Waals surface area contributed by atoms with Crippen molar-refractivity contribution in [2.45, 2.75) is 25.3 Å². The van der Waals surface area contributed by atoms with Crippen molar-refractivity contribution in [1.29, 1.82) is 0 Å². The summed E-state index contributed by atoms with van der Waals surface area (Å²) in [6, 6.07) is 9.37. The first kappa shape index (κ1) is 24.2. The summed E-state index contributed by atoms with van der Waals surface area (Å²) < 4.78 is 21.0. The third kappa shape index (κ3) is 9.64. The van der Waals surface area contributed by atoms with Crippen molar-refractivity contribution >= 4 is 20.7 Å². The number of benzene rings is 1. The van der Waals surface area contributed by atoms with E-state index >= 15 is 0 Å². The topological polar surface area (TPSA) is 103 Å². The number of ether oxygens (including phenoxy) is 1. The van der Waals surface area contributed by atoms with Crippen LogP contribution in [0.1, 0.15) is 19.3 Å². The molecule has 0 aromatic heterocycles. The lowest BCUT2D eigenvalue weighted by Crippen LogP contribution is -2.43. The molecular formula is C17H29NO7Si. The molecule has 1 rings (SSSR count). The van der Waals surface area contributed by atoms with Crippen LogP contribution in [0.5, 0.6) is 5.75 Å². The fourth-order valence-electron chi connectivity index (χ4n) is 2.06. The number of carbonyl (C=O) groups is 2. The van der Waals surface area contributed by atoms with Gasteiger partial charge in [0.25, 0.3) is 0 Å². The Morgan fingerprint density at radius 3 is 2.12 bits per heavy atom. The Morgan fingerprint density at radius 2 is 1.58 bits per heavy atom. The van der Waals surface area contributed by atoms with E-state index in [1.165, 1.54) is 0 Å². The summed E-state index contributed by atoms with van der Waals surface area (Å²) in [7, 11) is 3.06. The maximum Gasteiger partial charge on any atom is 0.500 e. The number of carbonyl (C=O) groups excluding carboxylic acids is 2. The molecule has 8 nitrogen and oxygen atoms in total. The van der Waals surface area contributed by atoms with E-state index in [1.54, 1.807) is 45.6 Å². The van der Waals surface area contributed by atoms with Crippen molar-refractivity contribution < 1.29 is 32.7 Å². The molecule has 0 spiro atoms. The minimum atomic E-state index is -2.59. The third-order valence-electron chi connectivity index (χ3n) is 3.45. The van der Waals surface area contributed by atoms with Gasteiger partial charge in [-0.3, -0.25) is 9.59 Å². The molecule has 0 radical (unpaired) electrons. The van der Waals surface area contributed by atoms with Gasteiger partial charge in [-0.15, -0.1) is 0 Å². The average Bonchev–Trinajstić information content (AvgIpc) is 2.69. The molecule has 0 aliphatic rings. The van der Waals surface area contributed by atoms with Crippen molar-refractivity contribution in [3.8, 4) is 5.75 Å². The second kappa shape index (κ2) is 14.4. The Morgan fingerprint density at radius 1 is 1.00 bits per heavy atom. The van der Waals surface area contributed by atoms with Crippen LogP contribution in [-0.4, -0.2) is 60.8 Å². The van der Waals surface area contributed by atoms with E-state index in [2.05, 4.69) is 5.32 Å². The van der Waals surface area contributed by atoms with Crippen LogP contribution in [0, 0.1) is 0 Å². The number of nitrogens with one attached hydrogen (secondary N) is 1. The van der Waals surface area contributed by atoms with E-state index in [9.17, 15) is 9.59 Å². The number of hydrogen-bond donors (Lipinski definition) is 2. The molecule has 0 aliphatic heterocycles. The van der Waals surface area contributed by atoms with Crippen LogP contribution >= 0.6 is 0 Å². The lowest BCUT2D eigenvalue weighted by Gasteiger charge is -2.24. The molecule has 0 heterocycles. The first-order valence-corrected chi connectivity index (χ1v) is 10.1. The van der Waals surface area contributed by atoms with Gasteiger partial charge < -0.3 is 28.4 Å². The summed E-state index contributed by atoms with van der Waals surface area (Å²) in [5.74, 6) is -0.150. The van der Waals surface area contributed by atoms with Crippen LogP contribution in [0.2, 0.25) is 6.04 Å². The van der Waals surface area contributed by atoms with Crippen LogP contribution in [0.4, 0.5) is 0 Å². The maximum atomic E-state index is 11.7. The summed E-state index contributed by atoms with van der Waals surface area (Å²) in [6.07, 6.45) is 0.794. The van der Waals surface area contributed by atoms with Crippen LogP contribution < -0.4 is 10.1 Å². The molecule has 1 aromatic carbocycles. The summed E-state index contributed by atoms with van der Waals surface area (Å²) in [6.45, 7) is 0.470. The molecule has 9 heteroatoms. The number of amides is 1. The molecule has 0 aliphatic carbocycles. The minimum absolute atomic E-state index is 0.0353. The van der Waals surface area contributed by atoms with Crippen molar-refractivity contribution in [2.24, 2.45) is 0 Å². The predicted molar refractivity (Wildman–Crippen MR) is 98.7 cm³/mol. The quantitative estimate of drug-likeness (QED) is 0.256. The summed E-state index contributed by atoms with van der Waals surface area (Å²) in [4.78, 5) is 23.4. The normalized spacial score (nSPS) is 10.5. The molecule has 0 fully saturated rings. The second-order valence-electron chi connectivity index (χ2n) is 5.04. The lowest BCUT2D eigenvalue weighted by atomic mass is 10.3. The monoisotopic (exact) mass is 387 g/mol. The zero-order valence-electron chi connectivity index (χ0n) is 15.8. The van der Waals surface area contributed by atoms with E-state index in [0.29, 0.717) is 24.8 Å². The second-order valence-corrected chi connectivity index (χ2v) is 8.13. The van der Waals surface area contributed by atoms with Crippen LogP contribution in [0.25, 0.3) is 0 Å². The SMILES string of the molecule is CO.CO[Si](CCCNC(=O)CCC(=O)Oc1ccccc1)(OC)OC. The Labute approximate surface area is 155 Å². The van der Waals surface area contributed by atoms with Crippen LogP contribution in [0.15, 0.2) is 30.3 Å². The highest BCUT2D eigenvalue weighted by Crippen LogP contribution is 2.14. The number of aliphatic hydroxyl groups is 1. The Bertz CT molecular complexity index is 501. The van der Waals surface area contributed by atoms with E-state index in [-0.39, 0.29) is 18.7 Å². The van der Waals surface area contributed by atoms with E-state index in [4.69, 9.17) is 23.1 Å². The van der Waals surface area contributed by atoms with Crippen LogP contribution in [0.3, 0.4) is 0 Å². The first-order chi connectivity index (χ1) is 12.5. The van der Waals surface area contributed by atoms with E-state index < -0.39 is 14.8 Å². The molecule has 0 saturated carbocycles. The third-order valence-corrected chi connectivity index (χ3v) is 6.28. The molecule has 2 N–H and O–H groups in total. The number of esters is 1. The van der Waals surface area contributed by atoms with Gasteiger partial charge >= 0.3 is 14.8 Å². The average molecular weight is 388 g/mol. The van der Waals surface area contributed by atoms with Crippen LogP contribution in [-0.2, 0) is 22.9 Å².